The van der Waals surface area contributed by atoms with Crippen molar-refractivity contribution in [1.29, 1.82) is 0 Å². The Hall–Kier alpha value is -1.53. The zero-order chi connectivity index (χ0) is 11.5. The standard InChI is InChI=1S/C10H8N2O2S2/c1-6(13)7-5-16-10(11-7)12-9(14)8-3-2-4-15-8/h2-5H,1H3,(H,11,12,14). The van der Waals surface area contributed by atoms with E-state index in [1.807, 2.05) is 11.4 Å². The lowest BCUT2D eigenvalue weighted by Crippen LogP contribution is -2.10. The first-order chi connectivity index (χ1) is 7.66. The van der Waals surface area contributed by atoms with E-state index in [0.717, 1.165) is 0 Å². The Morgan fingerprint density at radius 3 is 2.75 bits per heavy atom. The quantitative estimate of drug-likeness (QED) is 0.854. The van der Waals surface area contributed by atoms with Gasteiger partial charge in [-0.15, -0.1) is 22.7 Å². The van der Waals surface area contributed by atoms with E-state index < -0.39 is 0 Å². The van der Waals surface area contributed by atoms with Crippen LogP contribution in [0.5, 0.6) is 0 Å². The van der Waals surface area contributed by atoms with Crippen LogP contribution in [0.3, 0.4) is 0 Å². The molecule has 0 aliphatic heterocycles. The average Bonchev–Trinajstić information content (AvgIpc) is 2.87. The second-order valence-electron chi connectivity index (χ2n) is 3.03. The minimum absolute atomic E-state index is 0.104. The van der Waals surface area contributed by atoms with Gasteiger partial charge in [-0.1, -0.05) is 6.07 Å². The van der Waals surface area contributed by atoms with Crippen molar-refractivity contribution in [2.45, 2.75) is 6.92 Å². The van der Waals surface area contributed by atoms with E-state index in [0.29, 0.717) is 15.7 Å². The first-order valence-electron chi connectivity index (χ1n) is 4.48. The van der Waals surface area contributed by atoms with E-state index >= 15 is 0 Å². The topological polar surface area (TPSA) is 59.1 Å². The van der Waals surface area contributed by atoms with Gasteiger partial charge in [-0.3, -0.25) is 14.9 Å². The molecule has 0 unspecified atom stereocenters. The molecule has 6 heteroatoms. The van der Waals surface area contributed by atoms with Crippen LogP contribution in [0.4, 0.5) is 5.13 Å². The molecule has 82 valence electrons. The maximum absolute atomic E-state index is 11.6. The number of Topliss-reactive ketones (excluding diaryl/α,β-unsaturated/α-hetero) is 1. The van der Waals surface area contributed by atoms with Gasteiger partial charge >= 0.3 is 0 Å². The molecular weight excluding hydrogens is 244 g/mol. The average molecular weight is 252 g/mol. The van der Waals surface area contributed by atoms with Crippen molar-refractivity contribution in [1.82, 2.24) is 4.98 Å². The molecule has 0 aromatic carbocycles. The minimum Gasteiger partial charge on any atom is -0.297 e. The van der Waals surface area contributed by atoms with Gasteiger partial charge in [-0.05, 0) is 11.4 Å². The Labute approximate surface area is 100.0 Å². The molecule has 0 radical (unpaired) electrons. The van der Waals surface area contributed by atoms with Crippen LogP contribution in [0.1, 0.15) is 27.1 Å². The van der Waals surface area contributed by atoms with Crippen molar-refractivity contribution in [3.05, 3.63) is 33.5 Å². The SMILES string of the molecule is CC(=O)c1csc(NC(=O)c2cccs2)n1. The van der Waals surface area contributed by atoms with E-state index in [4.69, 9.17) is 0 Å². The Morgan fingerprint density at radius 1 is 1.38 bits per heavy atom. The molecule has 16 heavy (non-hydrogen) atoms. The van der Waals surface area contributed by atoms with Crippen LogP contribution < -0.4 is 5.32 Å². The molecule has 0 bridgehead atoms. The number of amides is 1. The summed E-state index contributed by atoms with van der Waals surface area (Å²) in [7, 11) is 0. The Morgan fingerprint density at radius 2 is 2.19 bits per heavy atom. The van der Waals surface area contributed by atoms with Crippen molar-refractivity contribution >= 4 is 39.5 Å². The van der Waals surface area contributed by atoms with Crippen molar-refractivity contribution < 1.29 is 9.59 Å². The second-order valence-corrected chi connectivity index (χ2v) is 4.83. The summed E-state index contributed by atoms with van der Waals surface area (Å²) in [6.45, 7) is 1.44. The number of hydrogen-bond donors (Lipinski definition) is 1. The molecule has 0 fully saturated rings. The largest absolute Gasteiger partial charge is 0.297 e. The van der Waals surface area contributed by atoms with Crippen LogP contribution in [0.25, 0.3) is 0 Å². The lowest BCUT2D eigenvalue weighted by Gasteiger charge is -1.97. The number of nitrogens with one attached hydrogen (secondary N) is 1. The molecule has 0 aliphatic carbocycles. The van der Waals surface area contributed by atoms with Crippen LogP contribution in [0.2, 0.25) is 0 Å². The lowest BCUT2D eigenvalue weighted by molar-refractivity contribution is 0.100. The van der Waals surface area contributed by atoms with Gasteiger partial charge in [0.25, 0.3) is 5.91 Å². The van der Waals surface area contributed by atoms with E-state index in [2.05, 4.69) is 10.3 Å². The Balaban J connectivity index is 2.09. The number of aromatic nitrogens is 1. The summed E-state index contributed by atoms with van der Waals surface area (Å²) in [6.07, 6.45) is 0. The van der Waals surface area contributed by atoms with Crippen LogP contribution in [0, 0.1) is 0 Å². The maximum Gasteiger partial charge on any atom is 0.267 e. The third kappa shape index (κ3) is 2.34. The molecule has 1 N–H and O–H groups in total. The molecule has 0 aliphatic rings. The fourth-order valence-electron chi connectivity index (χ4n) is 1.06. The summed E-state index contributed by atoms with van der Waals surface area (Å²) in [6, 6.07) is 3.54. The number of anilines is 1. The molecule has 2 aromatic rings. The molecule has 0 atom stereocenters. The molecule has 0 saturated carbocycles. The number of nitrogens with zero attached hydrogens (tertiary/aromatic N) is 1. The summed E-state index contributed by atoms with van der Waals surface area (Å²) in [5, 5.41) is 6.56. The zero-order valence-electron chi connectivity index (χ0n) is 8.39. The van der Waals surface area contributed by atoms with Crippen molar-refractivity contribution in [2.24, 2.45) is 0 Å². The highest BCUT2D eigenvalue weighted by atomic mass is 32.1. The van der Waals surface area contributed by atoms with Gasteiger partial charge in [0.2, 0.25) is 0 Å². The number of carbonyl (C=O) groups excluding carboxylic acids is 2. The van der Waals surface area contributed by atoms with Gasteiger partial charge in [-0.25, -0.2) is 4.98 Å². The highest BCUT2D eigenvalue weighted by molar-refractivity contribution is 7.14. The van der Waals surface area contributed by atoms with Gasteiger partial charge < -0.3 is 0 Å². The summed E-state index contributed by atoms with van der Waals surface area (Å²) in [5.41, 5.74) is 0.381. The molecule has 2 rings (SSSR count). The molecule has 0 spiro atoms. The van der Waals surface area contributed by atoms with Crippen molar-refractivity contribution in [2.75, 3.05) is 5.32 Å². The van der Waals surface area contributed by atoms with Gasteiger partial charge in [0.05, 0.1) is 4.88 Å². The Kier molecular flexibility index (Phi) is 3.12. The molecule has 2 aromatic heterocycles. The zero-order valence-corrected chi connectivity index (χ0v) is 10.0. The summed E-state index contributed by atoms with van der Waals surface area (Å²) in [5.74, 6) is -0.299. The predicted molar refractivity (Wildman–Crippen MR) is 64.4 cm³/mol. The third-order valence-corrected chi connectivity index (χ3v) is 3.46. The second kappa shape index (κ2) is 4.54. The molecular formula is C10H8N2O2S2. The van der Waals surface area contributed by atoms with Crippen LogP contribution in [-0.2, 0) is 0 Å². The number of rotatable bonds is 3. The van der Waals surface area contributed by atoms with Crippen LogP contribution in [-0.4, -0.2) is 16.7 Å². The first-order valence-corrected chi connectivity index (χ1v) is 6.24. The summed E-state index contributed by atoms with van der Waals surface area (Å²) in [4.78, 5) is 27.3. The van der Waals surface area contributed by atoms with E-state index in [-0.39, 0.29) is 11.7 Å². The highest BCUT2D eigenvalue weighted by Crippen LogP contribution is 2.18. The minimum atomic E-state index is -0.195. The van der Waals surface area contributed by atoms with Crippen molar-refractivity contribution in [3.8, 4) is 0 Å². The smallest absolute Gasteiger partial charge is 0.267 e. The van der Waals surface area contributed by atoms with E-state index in [1.165, 1.54) is 29.6 Å². The number of hydrogen-bond acceptors (Lipinski definition) is 5. The van der Waals surface area contributed by atoms with Crippen LogP contribution in [0.15, 0.2) is 22.9 Å². The van der Waals surface area contributed by atoms with Gasteiger partial charge in [0.15, 0.2) is 10.9 Å². The summed E-state index contributed by atoms with van der Waals surface area (Å²) < 4.78 is 0. The molecule has 0 saturated heterocycles. The monoisotopic (exact) mass is 252 g/mol. The highest BCUT2D eigenvalue weighted by Gasteiger charge is 2.10. The predicted octanol–water partition coefficient (Wildman–Crippen LogP) is 2.66. The van der Waals surface area contributed by atoms with Gasteiger partial charge in [0, 0.05) is 12.3 Å². The normalized spacial score (nSPS) is 10.1. The van der Waals surface area contributed by atoms with Crippen molar-refractivity contribution in [3.63, 3.8) is 0 Å². The number of ketones is 1. The van der Waals surface area contributed by atoms with Crippen LogP contribution >= 0.6 is 22.7 Å². The van der Waals surface area contributed by atoms with Gasteiger partial charge in [-0.2, -0.15) is 0 Å². The molecule has 2 heterocycles. The Bertz CT molecular complexity index is 517. The lowest BCUT2D eigenvalue weighted by atomic mass is 10.4. The first kappa shape index (κ1) is 11.0. The van der Waals surface area contributed by atoms with Gasteiger partial charge in [0.1, 0.15) is 5.69 Å². The number of carbonyl (C=O) groups is 2. The summed E-state index contributed by atoms with van der Waals surface area (Å²) >= 11 is 2.61. The number of thiazole rings is 1. The number of thiophene rings is 1. The molecule has 1 amide bonds. The third-order valence-electron chi connectivity index (χ3n) is 1.83. The fraction of sp³-hybridized carbons (Fsp3) is 0.100. The fourth-order valence-corrected chi connectivity index (χ4v) is 2.42. The van der Waals surface area contributed by atoms with E-state index in [9.17, 15) is 9.59 Å². The maximum atomic E-state index is 11.6. The molecule has 4 nitrogen and oxygen atoms in total. The van der Waals surface area contributed by atoms with E-state index in [1.54, 1.807) is 11.4 Å².